The van der Waals surface area contributed by atoms with Crippen molar-refractivity contribution < 1.29 is 19.1 Å². The van der Waals surface area contributed by atoms with Gasteiger partial charge in [0.25, 0.3) is 11.8 Å². The van der Waals surface area contributed by atoms with E-state index in [1.807, 2.05) is 31.2 Å². The highest BCUT2D eigenvalue weighted by molar-refractivity contribution is 6.36. The van der Waals surface area contributed by atoms with E-state index in [4.69, 9.17) is 4.74 Å². The van der Waals surface area contributed by atoms with Gasteiger partial charge in [0.05, 0.1) is 18.7 Å². The Morgan fingerprint density at radius 1 is 1.03 bits per heavy atom. The van der Waals surface area contributed by atoms with Crippen molar-refractivity contribution in [1.29, 1.82) is 0 Å². The second kappa shape index (κ2) is 8.70. The van der Waals surface area contributed by atoms with Crippen molar-refractivity contribution in [2.75, 3.05) is 30.9 Å². The maximum atomic E-state index is 13.0. The van der Waals surface area contributed by atoms with E-state index in [0.717, 1.165) is 11.3 Å². The van der Waals surface area contributed by atoms with Crippen LogP contribution in [0.5, 0.6) is 0 Å². The van der Waals surface area contributed by atoms with E-state index in [-0.39, 0.29) is 30.7 Å². The molecule has 0 spiro atoms. The van der Waals surface area contributed by atoms with Gasteiger partial charge in [-0.15, -0.1) is 0 Å². The first-order valence-electron chi connectivity index (χ1n) is 9.22. The fraction of sp³-hybridized carbons (Fsp3) is 0.227. The zero-order valence-electron chi connectivity index (χ0n) is 16.6. The fourth-order valence-corrected chi connectivity index (χ4v) is 3.14. The smallest absolute Gasteiger partial charge is 0.278 e. The third-order valence-corrected chi connectivity index (χ3v) is 4.47. The average molecular weight is 393 g/mol. The van der Waals surface area contributed by atoms with Crippen LogP contribution < -0.4 is 10.6 Å². The monoisotopic (exact) mass is 393 g/mol. The Balaban J connectivity index is 2.00. The standard InChI is InChI=1S/C22H23N3O4/c1-14-5-4-6-18(13-14)24-20-19(21(27)25(22(20)28)11-12-29-3)16-7-9-17(10-8-16)23-15(2)26/h4-10,13,24H,11-12H2,1-3H3,(H,23,26). The molecule has 7 heteroatoms. The minimum atomic E-state index is -0.394. The largest absolute Gasteiger partial charge is 0.383 e. The van der Waals surface area contributed by atoms with Gasteiger partial charge >= 0.3 is 0 Å². The summed E-state index contributed by atoms with van der Waals surface area (Å²) in [7, 11) is 1.52. The highest BCUT2D eigenvalue weighted by Gasteiger charge is 2.38. The SMILES string of the molecule is COCCN1C(=O)C(Nc2cccc(C)c2)=C(c2ccc(NC(C)=O)cc2)C1=O. The summed E-state index contributed by atoms with van der Waals surface area (Å²) in [5, 5.41) is 5.81. The third kappa shape index (κ3) is 4.52. The van der Waals surface area contributed by atoms with Gasteiger partial charge in [-0.3, -0.25) is 19.3 Å². The molecule has 1 aliphatic rings. The number of anilines is 2. The summed E-state index contributed by atoms with van der Waals surface area (Å²) < 4.78 is 5.04. The van der Waals surface area contributed by atoms with Crippen LogP contribution >= 0.6 is 0 Å². The van der Waals surface area contributed by atoms with Gasteiger partial charge < -0.3 is 15.4 Å². The van der Waals surface area contributed by atoms with Crippen molar-refractivity contribution in [2.45, 2.75) is 13.8 Å². The molecule has 29 heavy (non-hydrogen) atoms. The molecule has 0 bridgehead atoms. The summed E-state index contributed by atoms with van der Waals surface area (Å²) in [5.74, 6) is -0.958. The molecular formula is C22H23N3O4. The Morgan fingerprint density at radius 2 is 1.76 bits per heavy atom. The van der Waals surface area contributed by atoms with Crippen molar-refractivity contribution in [1.82, 2.24) is 4.90 Å². The van der Waals surface area contributed by atoms with Gasteiger partial charge in [0.1, 0.15) is 5.70 Å². The summed E-state index contributed by atoms with van der Waals surface area (Å²) >= 11 is 0. The molecule has 2 aromatic carbocycles. The number of imide groups is 1. The molecule has 0 aliphatic carbocycles. The first-order valence-corrected chi connectivity index (χ1v) is 9.22. The van der Waals surface area contributed by atoms with E-state index in [1.165, 1.54) is 18.9 Å². The van der Waals surface area contributed by atoms with Crippen LogP contribution in [0, 0.1) is 6.92 Å². The van der Waals surface area contributed by atoms with Gasteiger partial charge in [-0.05, 0) is 42.3 Å². The molecule has 2 aromatic rings. The molecule has 0 atom stereocenters. The lowest BCUT2D eigenvalue weighted by atomic mass is 10.0. The first kappa shape index (κ1) is 20.3. The Bertz CT molecular complexity index is 980. The summed E-state index contributed by atoms with van der Waals surface area (Å²) in [6, 6.07) is 14.4. The molecular weight excluding hydrogens is 370 g/mol. The quantitative estimate of drug-likeness (QED) is 0.707. The number of nitrogens with one attached hydrogen (secondary N) is 2. The van der Waals surface area contributed by atoms with E-state index >= 15 is 0 Å². The predicted octanol–water partition coefficient (Wildman–Crippen LogP) is 2.79. The lowest BCUT2D eigenvalue weighted by Crippen LogP contribution is -2.35. The molecule has 150 valence electrons. The van der Waals surface area contributed by atoms with Crippen LogP contribution in [0.1, 0.15) is 18.1 Å². The van der Waals surface area contributed by atoms with Crippen LogP contribution in [0.4, 0.5) is 11.4 Å². The average Bonchev–Trinajstić information content (AvgIpc) is 2.90. The van der Waals surface area contributed by atoms with Crippen LogP contribution in [-0.2, 0) is 19.1 Å². The minimum absolute atomic E-state index is 0.167. The lowest BCUT2D eigenvalue weighted by Gasteiger charge is -2.14. The molecule has 3 amide bonds. The second-order valence-electron chi connectivity index (χ2n) is 6.76. The number of rotatable bonds is 7. The maximum absolute atomic E-state index is 13.0. The van der Waals surface area contributed by atoms with Crippen LogP contribution in [0.15, 0.2) is 54.2 Å². The van der Waals surface area contributed by atoms with E-state index in [9.17, 15) is 14.4 Å². The van der Waals surface area contributed by atoms with E-state index in [2.05, 4.69) is 10.6 Å². The Morgan fingerprint density at radius 3 is 2.38 bits per heavy atom. The highest BCUT2D eigenvalue weighted by atomic mass is 16.5. The molecule has 0 saturated carbocycles. The number of hydrogen-bond donors (Lipinski definition) is 2. The van der Waals surface area contributed by atoms with Crippen LogP contribution in [0.3, 0.4) is 0 Å². The number of carbonyl (C=O) groups is 3. The van der Waals surface area contributed by atoms with Gasteiger partial charge in [0, 0.05) is 25.4 Å². The molecule has 1 aliphatic heterocycles. The van der Waals surface area contributed by atoms with Crippen LogP contribution in [0.25, 0.3) is 5.57 Å². The Kier molecular flexibility index (Phi) is 6.09. The normalized spacial score (nSPS) is 13.8. The van der Waals surface area contributed by atoms with Gasteiger partial charge in [-0.2, -0.15) is 0 Å². The van der Waals surface area contributed by atoms with E-state index in [0.29, 0.717) is 16.8 Å². The number of carbonyl (C=O) groups excluding carboxylic acids is 3. The van der Waals surface area contributed by atoms with Crippen molar-refractivity contribution in [3.63, 3.8) is 0 Å². The summed E-state index contributed by atoms with van der Waals surface area (Å²) in [6.45, 7) is 3.80. The number of aryl methyl sites for hydroxylation is 1. The van der Waals surface area contributed by atoms with Gasteiger partial charge in [-0.1, -0.05) is 24.3 Å². The minimum Gasteiger partial charge on any atom is -0.383 e. The molecule has 7 nitrogen and oxygen atoms in total. The van der Waals surface area contributed by atoms with Crippen molar-refractivity contribution >= 4 is 34.7 Å². The maximum Gasteiger partial charge on any atom is 0.278 e. The number of nitrogens with zero attached hydrogens (tertiary/aromatic N) is 1. The van der Waals surface area contributed by atoms with Crippen LogP contribution in [-0.4, -0.2) is 42.9 Å². The van der Waals surface area contributed by atoms with Crippen molar-refractivity contribution in [2.24, 2.45) is 0 Å². The summed E-state index contributed by atoms with van der Waals surface area (Å²) in [6.07, 6.45) is 0. The Hall–Kier alpha value is -3.45. The molecule has 1 heterocycles. The fourth-order valence-electron chi connectivity index (χ4n) is 3.14. The molecule has 2 N–H and O–H groups in total. The van der Waals surface area contributed by atoms with Gasteiger partial charge in [-0.25, -0.2) is 0 Å². The summed E-state index contributed by atoms with van der Waals surface area (Å²) in [5.41, 5.74) is 3.48. The topological polar surface area (TPSA) is 87.7 Å². The molecule has 0 fully saturated rings. The first-order chi connectivity index (χ1) is 13.9. The van der Waals surface area contributed by atoms with E-state index in [1.54, 1.807) is 24.3 Å². The van der Waals surface area contributed by atoms with Crippen molar-refractivity contribution in [3.05, 3.63) is 65.4 Å². The van der Waals surface area contributed by atoms with Crippen LogP contribution in [0.2, 0.25) is 0 Å². The summed E-state index contributed by atoms with van der Waals surface area (Å²) in [4.78, 5) is 38.4. The zero-order valence-corrected chi connectivity index (χ0v) is 16.6. The number of ether oxygens (including phenoxy) is 1. The number of benzene rings is 2. The van der Waals surface area contributed by atoms with Crippen molar-refractivity contribution in [3.8, 4) is 0 Å². The molecule has 0 unspecified atom stereocenters. The predicted molar refractivity (Wildman–Crippen MR) is 111 cm³/mol. The zero-order chi connectivity index (χ0) is 21.0. The number of hydrogen-bond acceptors (Lipinski definition) is 5. The molecule has 0 radical (unpaired) electrons. The third-order valence-electron chi connectivity index (χ3n) is 4.47. The lowest BCUT2D eigenvalue weighted by molar-refractivity contribution is -0.137. The molecule has 0 aromatic heterocycles. The molecule has 3 rings (SSSR count). The number of amides is 3. The van der Waals surface area contributed by atoms with E-state index < -0.39 is 5.91 Å². The second-order valence-corrected chi connectivity index (χ2v) is 6.76. The Labute approximate surface area is 169 Å². The highest BCUT2D eigenvalue weighted by Crippen LogP contribution is 2.31. The number of methoxy groups -OCH3 is 1. The van der Waals surface area contributed by atoms with Gasteiger partial charge in [0.15, 0.2) is 0 Å². The molecule has 0 saturated heterocycles. The van der Waals surface area contributed by atoms with Gasteiger partial charge in [0.2, 0.25) is 5.91 Å².